The monoisotopic (exact) mass is 627 g/mol. The van der Waals surface area contributed by atoms with E-state index in [1.807, 2.05) is 6.07 Å². The molecule has 1 aromatic rings. The third-order valence-electron chi connectivity index (χ3n) is 2.86. The molecule has 0 saturated carbocycles. The van der Waals surface area contributed by atoms with Crippen LogP contribution in [0.3, 0.4) is 0 Å². The van der Waals surface area contributed by atoms with Crippen molar-refractivity contribution in [1.29, 1.82) is 0 Å². The van der Waals surface area contributed by atoms with Crippen LogP contribution in [0.2, 0.25) is 0 Å². The van der Waals surface area contributed by atoms with E-state index in [0.29, 0.717) is 6.42 Å². The highest BCUT2D eigenvalue weighted by Crippen LogP contribution is 2.32. The third-order valence-corrected chi connectivity index (χ3v) is 5.87. The van der Waals surface area contributed by atoms with Crippen LogP contribution < -0.4 is 5.32 Å². The summed E-state index contributed by atoms with van der Waals surface area (Å²) in [6, 6.07) is 1.91. The molecular formula is C14H16I3NO3. The van der Waals surface area contributed by atoms with Gasteiger partial charge in [0.05, 0.1) is 12.1 Å². The molecule has 1 aromatic carbocycles. The number of hydrogen-bond acceptors (Lipinski definition) is 2. The molecule has 0 saturated heterocycles. The van der Waals surface area contributed by atoms with Gasteiger partial charge in [0, 0.05) is 17.1 Å². The SMILES string of the molecule is CCCCCC(=O)Nc1c(I)cc(I)c(CC(=O)O)c1I. The molecule has 0 bridgehead atoms. The van der Waals surface area contributed by atoms with Gasteiger partial charge in [-0.3, -0.25) is 9.59 Å². The molecule has 0 atom stereocenters. The van der Waals surface area contributed by atoms with Crippen LogP contribution in [0, 0.1) is 10.7 Å². The number of hydrogen-bond donors (Lipinski definition) is 2. The fraction of sp³-hybridized carbons (Fsp3) is 0.429. The Labute approximate surface area is 165 Å². The lowest BCUT2D eigenvalue weighted by Crippen LogP contribution is -2.15. The Kier molecular flexibility index (Phi) is 8.76. The number of carbonyl (C=O) groups is 2. The van der Waals surface area contributed by atoms with Crippen LogP contribution in [0.5, 0.6) is 0 Å². The van der Waals surface area contributed by atoms with Crippen LogP contribution >= 0.6 is 67.8 Å². The average molecular weight is 627 g/mol. The molecule has 1 amide bonds. The Balaban J connectivity index is 2.96. The number of unbranched alkanes of at least 4 members (excludes halogenated alkanes) is 2. The number of aliphatic carboxylic acids is 1. The molecule has 116 valence electrons. The second-order valence-corrected chi connectivity index (χ2v) is 7.99. The van der Waals surface area contributed by atoms with Gasteiger partial charge in [-0.1, -0.05) is 19.8 Å². The largest absolute Gasteiger partial charge is 0.481 e. The predicted molar refractivity (Wildman–Crippen MR) is 109 cm³/mol. The molecule has 2 N–H and O–H groups in total. The van der Waals surface area contributed by atoms with Crippen molar-refractivity contribution in [1.82, 2.24) is 0 Å². The number of carbonyl (C=O) groups excluding carboxylic acids is 1. The van der Waals surface area contributed by atoms with Gasteiger partial charge in [0.2, 0.25) is 5.91 Å². The fourth-order valence-electron chi connectivity index (χ4n) is 1.80. The highest BCUT2D eigenvalue weighted by molar-refractivity contribution is 14.1. The maximum absolute atomic E-state index is 12.0. The van der Waals surface area contributed by atoms with Gasteiger partial charge in [-0.25, -0.2) is 0 Å². The van der Waals surface area contributed by atoms with Gasteiger partial charge in [-0.05, 0) is 85.8 Å². The Bertz CT molecular complexity index is 547. The van der Waals surface area contributed by atoms with Gasteiger partial charge < -0.3 is 10.4 Å². The average Bonchev–Trinajstić information content (AvgIpc) is 2.39. The number of carboxylic acid groups (broad SMARTS) is 1. The predicted octanol–water partition coefficient (Wildman–Crippen LogP) is 4.65. The van der Waals surface area contributed by atoms with E-state index >= 15 is 0 Å². The van der Waals surface area contributed by atoms with Crippen molar-refractivity contribution in [3.05, 3.63) is 22.3 Å². The molecule has 4 nitrogen and oxygen atoms in total. The summed E-state index contributed by atoms with van der Waals surface area (Å²) in [6.45, 7) is 2.10. The first-order chi connectivity index (χ1) is 9.86. The lowest BCUT2D eigenvalue weighted by atomic mass is 10.1. The molecule has 21 heavy (non-hydrogen) atoms. The second kappa shape index (κ2) is 9.48. The summed E-state index contributed by atoms with van der Waals surface area (Å²) < 4.78 is 2.65. The topological polar surface area (TPSA) is 66.4 Å². The summed E-state index contributed by atoms with van der Waals surface area (Å²) in [5.41, 5.74) is 1.49. The van der Waals surface area contributed by atoms with Gasteiger partial charge in [-0.15, -0.1) is 0 Å². The summed E-state index contributed by atoms with van der Waals surface area (Å²) >= 11 is 6.42. The van der Waals surface area contributed by atoms with E-state index in [1.165, 1.54) is 0 Å². The van der Waals surface area contributed by atoms with Crippen molar-refractivity contribution in [2.75, 3.05) is 5.32 Å². The zero-order valence-corrected chi connectivity index (χ0v) is 18.0. The van der Waals surface area contributed by atoms with Gasteiger partial charge >= 0.3 is 5.97 Å². The molecule has 0 aromatic heterocycles. The highest BCUT2D eigenvalue weighted by atomic mass is 127. The minimum Gasteiger partial charge on any atom is -0.481 e. The van der Waals surface area contributed by atoms with Crippen LogP contribution in [0.1, 0.15) is 38.2 Å². The van der Waals surface area contributed by atoms with E-state index in [4.69, 9.17) is 5.11 Å². The molecule has 7 heteroatoms. The van der Waals surface area contributed by atoms with Crippen molar-refractivity contribution in [2.24, 2.45) is 0 Å². The lowest BCUT2D eigenvalue weighted by Gasteiger charge is -2.14. The quantitative estimate of drug-likeness (QED) is 0.342. The summed E-state index contributed by atoms with van der Waals surface area (Å²) in [7, 11) is 0. The zero-order chi connectivity index (χ0) is 16.0. The maximum Gasteiger partial charge on any atom is 0.307 e. The van der Waals surface area contributed by atoms with Gasteiger partial charge in [0.25, 0.3) is 0 Å². The summed E-state index contributed by atoms with van der Waals surface area (Å²) in [5.74, 6) is -0.881. The second-order valence-electron chi connectivity index (χ2n) is 4.58. The number of carboxylic acids is 1. The molecule has 0 fully saturated rings. The number of rotatable bonds is 7. The maximum atomic E-state index is 12.0. The van der Waals surface area contributed by atoms with Crippen LogP contribution in [0.25, 0.3) is 0 Å². The van der Waals surface area contributed by atoms with Crippen molar-refractivity contribution < 1.29 is 14.7 Å². The van der Waals surface area contributed by atoms with Crippen molar-refractivity contribution in [3.8, 4) is 0 Å². The number of benzene rings is 1. The molecule has 0 aliphatic rings. The number of anilines is 1. The zero-order valence-electron chi connectivity index (χ0n) is 11.5. The Morgan fingerprint density at radius 1 is 1.19 bits per heavy atom. The minimum absolute atomic E-state index is 0.0123. The van der Waals surface area contributed by atoms with E-state index in [-0.39, 0.29) is 12.3 Å². The van der Waals surface area contributed by atoms with Crippen LogP contribution in [-0.2, 0) is 16.0 Å². The van der Waals surface area contributed by atoms with E-state index in [0.717, 1.165) is 41.2 Å². The van der Waals surface area contributed by atoms with Gasteiger partial charge in [-0.2, -0.15) is 0 Å². The molecule has 1 rings (SSSR count). The molecule has 0 aliphatic heterocycles. The number of halogens is 3. The normalized spacial score (nSPS) is 10.5. The summed E-state index contributed by atoms with van der Waals surface area (Å²) in [4.78, 5) is 22.9. The Morgan fingerprint density at radius 2 is 1.86 bits per heavy atom. The number of nitrogens with one attached hydrogen (secondary N) is 1. The molecule has 0 unspecified atom stereocenters. The van der Waals surface area contributed by atoms with Crippen LogP contribution in [0.15, 0.2) is 6.07 Å². The van der Waals surface area contributed by atoms with Crippen molar-refractivity contribution in [3.63, 3.8) is 0 Å². The highest BCUT2D eigenvalue weighted by Gasteiger charge is 2.17. The first kappa shape index (κ1) is 19.4. The fourth-order valence-corrected chi connectivity index (χ4v) is 5.82. The first-order valence-corrected chi connectivity index (χ1v) is 9.78. The van der Waals surface area contributed by atoms with E-state index in [1.54, 1.807) is 0 Å². The smallest absolute Gasteiger partial charge is 0.307 e. The summed E-state index contributed by atoms with van der Waals surface area (Å²) in [6.07, 6.45) is 3.46. The van der Waals surface area contributed by atoms with E-state index in [2.05, 4.69) is 80.0 Å². The molecule has 0 spiro atoms. The van der Waals surface area contributed by atoms with Crippen molar-refractivity contribution >= 4 is 85.3 Å². The molecule has 0 radical (unpaired) electrons. The van der Waals surface area contributed by atoms with Gasteiger partial charge in [0.15, 0.2) is 0 Å². The molecule has 0 aliphatic carbocycles. The standard InChI is InChI=1S/C14H16I3NO3/c1-2-3-4-5-11(19)18-14-10(16)7-9(15)8(13(14)17)6-12(20)21/h7H,2-6H2,1H3,(H,18,19)(H,20,21). The minimum atomic E-state index is -0.868. The Hall–Kier alpha value is 0.350. The number of amides is 1. The van der Waals surface area contributed by atoms with Gasteiger partial charge in [0.1, 0.15) is 0 Å². The van der Waals surface area contributed by atoms with E-state index in [9.17, 15) is 9.59 Å². The van der Waals surface area contributed by atoms with Crippen LogP contribution in [0.4, 0.5) is 5.69 Å². The summed E-state index contributed by atoms with van der Waals surface area (Å²) in [5, 5.41) is 11.9. The molecular weight excluding hydrogens is 611 g/mol. The lowest BCUT2D eigenvalue weighted by molar-refractivity contribution is -0.136. The van der Waals surface area contributed by atoms with Crippen LogP contribution in [-0.4, -0.2) is 17.0 Å². The first-order valence-electron chi connectivity index (χ1n) is 6.54. The third kappa shape index (κ3) is 6.16. The van der Waals surface area contributed by atoms with E-state index < -0.39 is 5.97 Å². The molecule has 0 heterocycles. The Morgan fingerprint density at radius 3 is 2.43 bits per heavy atom. The van der Waals surface area contributed by atoms with Crippen molar-refractivity contribution in [2.45, 2.75) is 39.0 Å².